The summed E-state index contributed by atoms with van der Waals surface area (Å²) in [7, 11) is 3.24. The Kier molecular flexibility index (Phi) is 4.20. The Labute approximate surface area is 104 Å². The molecule has 100 valence electrons. The zero-order valence-corrected chi connectivity index (χ0v) is 11.7. The maximum Gasteiger partial charge on any atom is 0.302 e. The quantitative estimate of drug-likeness (QED) is 0.562. The van der Waals surface area contributed by atoms with Gasteiger partial charge in [0.05, 0.1) is 5.41 Å². The van der Waals surface area contributed by atoms with Crippen LogP contribution in [0, 0.1) is 10.8 Å². The smallest absolute Gasteiger partial charge is 0.302 e. The van der Waals surface area contributed by atoms with E-state index in [0.717, 1.165) is 12.8 Å². The number of hydrogen-bond donors (Lipinski definition) is 0. The van der Waals surface area contributed by atoms with Gasteiger partial charge in [0.2, 0.25) is 0 Å². The van der Waals surface area contributed by atoms with Crippen LogP contribution in [0.5, 0.6) is 0 Å². The van der Waals surface area contributed by atoms with Gasteiger partial charge in [-0.15, -0.1) is 0 Å². The highest BCUT2D eigenvalue weighted by atomic mass is 16.7. The van der Waals surface area contributed by atoms with E-state index in [-0.39, 0.29) is 29.2 Å². The Morgan fingerprint density at radius 3 is 2.18 bits per heavy atom. The van der Waals surface area contributed by atoms with Crippen LogP contribution >= 0.6 is 0 Å². The van der Waals surface area contributed by atoms with Crippen molar-refractivity contribution in [1.29, 1.82) is 0 Å². The highest BCUT2D eigenvalue weighted by molar-refractivity contribution is 5.66. The van der Waals surface area contributed by atoms with Crippen molar-refractivity contribution >= 4 is 5.97 Å². The summed E-state index contributed by atoms with van der Waals surface area (Å²) < 4.78 is 16.2. The second kappa shape index (κ2) is 4.94. The first-order valence-corrected chi connectivity index (χ1v) is 5.98. The maximum atomic E-state index is 11.2. The van der Waals surface area contributed by atoms with E-state index >= 15 is 0 Å². The predicted molar refractivity (Wildman–Crippen MR) is 64.5 cm³/mol. The first-order valence-electron chi connectivity index (χ1n) is 5.98. The Bertz CT molecular complexity index is 283. The molecular formula is C13H24O4. The molecule has 4 nitrogen and oxygen atoms in total. The summed E-state index contributed by atoms with van der Waals surface area (Å²) in [5.41, 5.74) is -0.164. The Morgan fingerprint density at radius 2 is 1.76 bits per heavy atom. The van der Waals surface area contributed by atoms with E-state index in [1.54, 1.807) is 14.2 Å². The Balaban J connectivity index is 2.95. The Morgan fingerprint density at radius 1 is 1.24 bits per heavy atom. The number of methoxy groups -OCH3 is 2. The monoisotopic (exact) mass is 244 g/mol. The lowest BCUT2D eigenvalue weighted by atomic mass is 9.81. The van der Waals surface area contributed by atoms with E-state index in [1.165, 1.54) is 6.92 Å². The molecule has 1 rings (SSSR count). The van der Waals surface area contributed by atoms with Crippen LogP contribution in [-0.2, 0) is 19.0 Å². The zero-order chi connectivity index (χ0) is 13.3. The fourth-order valence-electron chi connectivity index (χ4n) is 3.20. The van der Waals surface area contributed by atoms with E-state index < -0.39 is 0 Å². The second-order valence-corrected chi connectivity index (χ2v) is 5.95. The normalized spacial score (nSPS) is 31.8. The van der Waals surface area contributed by atoms with Crippen LogP contribution < -0.4 is 0 Å². The number of carbonyl (C=O) groups excluding carboxylic acids is 1. The van der Waals surface area contributed by atoms with Gasteiger partial charge in [-0.3, -0.25) is 4.79 Å². The molecule has 2 atom stereocenters. The topological polar surface area (TPSA) is 44.8 Å². The average molecular weight is 244 g/mol. The minimum Gasteiger partial charge on any atom is -0.462 e. The van der Waals surface area contributed by atoms with Crippen LogP contribution in [0.2, 0.25) is 0 Å². The fourth-order valence-corrected chi connectivity index (χ4v) is 3.20. The molecule has 0 saturated heterocycles. The van der Waals surface area contributed by atoms with Gasteiger partial charge in [-0.05, 0) is 18.3 Å². The van der Waals surface area contributed by atoms with Gasteiger partial charge in [-0.2, -0.15) is 0 Å². The van der Waals surface area contributed by atoms with Crippen molar-refractivity contribution in [3.05, 3.63) is 0 Å². The number of hydrogen-bond acceptors (Lipinski definition) is 4. The third-order valence-electron chi connectivity index (χ3n) is 3.61. The molecule has 0 radical (unpaired) electrons. The highest BCUT2D eigenvalue weighted by Gasteiger charge is 2.54. The molecule has 0 amide bonds. The van der Waals surface area contributed by atoms with Crippen molar-refractivity contribution in [2.24, 2.45) is 10.8 Å². The first kappa shape index (κ1) is 14.5. The van der Waals surface area contributed by atoms with Gasteiger partial charge in [-0.1, -0.05) is 20.8 Å². The molecule has 17 heavy (non-hydrogen) atoms. The summed E-state index contributed by atoms with van der Waals surface area (Å²) in [4.78, 5) is 11.2. The number of carbonyl (C=O) groups is 1. The third-order valence-corrected chi connectivity index (χ3v) is 3.61. The van der Waals surface area contributed by atoms with Gasteiger partial charge in [0, 0.05) is 21.1 Å². The zero-order valence-electron chi connectivity index (χ0n) is 11.7. The van der Waals surface area contributed by atoms with Gasteiger partial charge in [0.25, 0.3) is 0 Å². The highest BCUT2D eigenvalue weighted by Crippen LogP contribution is 2.52. The van der Waals surface area contributed by atoms with E-state index in [9.17, 15) is 4.79 Å². The molecule has 0 aromatic rings. The van der Waals surface area contributed by atoms with Gasteiger partial charge < -0.3 is 14.2 Å². The maximum absolute atomic E-state index is 11.2. The molecule has 4 heteroatoms. The number of ether oxygens (including phenoxy) is 3. The summed E-state index contributed by atoms with van der Waals surface area (Å²) in [6.45, 7) is 7.86. The molecule has 1 saturated carbocycles. The standard InChI is InChI=1S/C13H24O4/c1-9(14)17-10-7-12(2,3)8-13(10,4)11(15-5)16-6/h10-11H,7-8H2,1-6H3/t10-,13-/m0/s1. The van der Waals surface area contributed by atoms with E-state index in [4.69, 9.17) is 14.2 Å². The minimum absolute atomic E-state index is 0.129. The van der Waals surface area contributed by atoms with Crippen LogP contribution in [0.1, 0.15) is 40.5 Å². The van der Waals surface area contributed by atoms with Crippen LogP contribution in [0.15, 0.2) is 0 Å². The molecular weight excluding hydrogens is 220 g/mol. The van der Waals surface area contributed by atoms with Crippen molar-refractivity contribution in [1.82, 2.24) is 0 Å². The van der Waals surface area contributed by atoms with Crippen LogP contribution in [0.4, 0.5) is 0 Å². The lowest BCUT2D eigenvalue weighted by Crippen LogP contribution is -2.43. The van der Waals surface area contributed by atoms with Crippen molar-refractivity contribution in [2.45, 2.75) is 52.9 Å². The molecule has 0 aliphatic heterocycles. The molecule has 0 spiro atoms. The SMILES string of the molecule is COC(OC)[C@@]1(C)CC(C)(C)C[C@@H]1OC(C)=O. The van der Waals surface area contributed by atoms with Crippen LogP contribution in [0.3, 0.4) is 0 Å². The summed E-state index contributed by atoms with van der Waals surface area (Å²) in [6.07, 6.45) is 1.24. The molecule has 1 aliphatic rings. The second-order valence-electron chi connectivity index (χ2n) is 5.95. The predicted octanol–water partition coefficient (Wildman–Crippen LogP) is 2.36. The fraction of sp³-hybridized carbons (Fsp3) is 0.923. The third kappa shape index (κ3) is 2.99. The molecule has 1 fully saturated rings. The summed E-state index contributed by atoms with van der Waals surface area (Å²) in [5.74, 6) is -0.245. The van der Waals surface area contributed by atoms with Crippen LogP contribution in [-0.4, -0.2) is 32.6 Å². The number of esters is 1. The molecule has 0 aromatic carbocycles. The van der Waals surface area contributed by atoms with Crippen molar-refractivity contribution in [3.63, 3.8) is 0 Å². The molecule has 1 aliphatic carbocycles. The van der Waals surface area contributed by atoms with Gasteiger partial charge >= 0.3 is 5.97 Å². The van der Waals surface area contributed by atoms with Gasteiger partial charge in [0.15, 0.2) is 6.29 Å². The van der Waals surface area contributed by atoms with Crippen LogP contribution in [0.25, 0.3) is 0 Å². The average Bonchev–Trinajstić information content (AvgIpc) is 2.37. The number of rotatable bonds is 4. The lowest BCUT2D eigenvalue weighted by molar-refractivity contribution is -0.205. The van der Waals surface area contributed by atoms with E-state index in [2.05, 4.69) is 20.8 Å². The van der Waals surface area contributed by atoms with E-state index in [0.29, 0.717) is 0 Å². The molecule has 0 unspecified atom stereocenters. The first-order chi connectivity index (χ1) is 7.75. The summed E-state index contributed by atoms with van der Waals surface area (Å²) in [6, 6.07) is 0. The summed E-state index contributed by atoms with van der Waals surface area (Å²) in [5, 5.41) is 0. The largest absolute Gasteiger partial charge is 0.462 e. The summed E-state index contributed by atoms with van der Waals surface area (Å²) >= 11 is 0. The molecule has 0 bridgehead atoms. The van der Waals surface area contributed by atoms with E-state index in [1.807, 2.05) is 0 Å². The van der Waals surface area contributed by atoms with Gasteiger partial charge in [-0.25, -0.2) is 0 Å². The lowest BCUT2D eigenvalue weighted by Gasteiger charge is -2.36. The van der Waals surface area contributed by atoms with Crippen molar-refractivity contribution in [3.8, 4) is 0 Å². The van der Waals surface area contributed by atoms with Gasteiger partial charge in [0.1, 0.15) is 6.10 Å². The minimum atomic E-state index is -0.353. The molecule has 0 N–H and O–H groups in total. The van der Waals surface area contributed by atoms with Crippen molar-refractivity contribution < 1.29 is 19.0 Å². The molecule has 0 heterocycles. The van der Waals surface area contributed by atoms with Crippen molar-refractivity contribution in [2.75, 3.05) is 14.2 Å². The Hall–Kier alpha value is -0.610. The molecule has 0 aromatic heterocycles.